The number of piperidine rings is 1. The number of hydrogen-bond acceptors (Lipinski definition) is 3. The first-order chi connectivity index (χ1) is 9.31. The summed E-state index contributed by atoms with van der Waals surface area (Å²) in [6.07, 6.45) is 5.38. The molecule has 104 valence electrons. The van der Waals surface area contributed by atoms with Gasteiger partial charge in [-0.1, -0.05) is 17.7 Å². The number of pyridine rings is 1. The van der Waals surface area contributed by atoms with Gasteiger partial charge in [0.25, 0.3) is 0 Å². The fourth-order valence-electron chi connectivity index (χ4n) is 3.44. The van der Waals surface area contributed by atoms with Crippen molar-refractivity contribution in [2.45, 2.75) is 38.3 Å². The largest absolute Gasteiger partial charge is 0.314 e. The van der Waals surface area contributed by atoms with Crippen LogP contribution in [0.25, 0.3) is 0 Å². The van der Waals surface area contributed by atoms with Gasteiger partial charge in [0, 0.05) is 19.1 Å². The molecule has 2 aliphatic heterocycles. The van der Waals surface area contributed by atoms with Crippen LogP contribution in [0, 0.1) is 5.92 Å². The zero-order chi connectivity index (χ0) is 13.1. The van der Waals surface area contributed by atoms with E-state index in [2.05, 4.69) is 21.3 Å². The molecule has 0 aliphatic carbocycles. The van der Waals surface area contributed by atoms with E-state index in [9.17, 15) is 0 Å². The molecule has 3 heterocycles. The third kappa shape index (κ3) is 3.47. The van der Waals surface area contributed by atoms with Gasteiger partial charge in [-0.2, -0.15) is 0 Å². The maximum absolute atomic E-state index is 5.96. The highest BCUT2D eigenvalue weighted by Gasteiger charge is 2.28. The highest BCUT2D eigenvalue weighted by molar-refractivity contribution is 6.29. The van der Waals surface area contributed by atoms with Crippen LogP contribution in [0.15, 0.2) is 18.2 Å². The Morgan fingerprint density at radius 2 is 2.26 bits per heavy atom. The topological polar surface area (TPSA) is 28.2 Å². The lowest BCUT2D eigenvalue weighted by Gasteiger charge is -2.35. The van der Waals surface area contributed by atoms with E-state index in [-0.39, 0.29) is 0 Å². The Morgan fingerprint density at radius 3 is 3.05 bits per heavy atom. The molecule has 0 saturated carbocycles. The Bertz CT molecular complexity index is 418. The number of nitrogens with one attached hydrogen (secondary N) is 1. The van der Waals surface area contributed by atoms with Gasteiger partial charge < -0.3 is 5.32 Å². The van der Waals surface area contributed by atoms with Gasteiger partial charge in [0.05, 0.1) is 5.69 Å². The molecular weight excluding hydrogens is 258 g/mol. The van der Waals surface area contributed by atoms with Crippen molar-refractivity contribution in [2.24, 2.45) is 5.92 Å². The fraction of sp³-hybridized carbons (Fsp3) is 0.667. The maximum atomic E-state index is 5.96. The first-order valence-corrected chi connectivity index (χ1v) is 7.76. The van der Waals surface area contributed by atoms with Gasteiger partial charge in [0.2, 0.25) is 0 Å². The van der Waals surface area contributed by atoms with Crippen molar-refractivity contribution in [3.63, 3.8) is 0 Å². The lowest BCUT2D eigenvalue weighted by atomic mass is 9.90. The smallest absolute Gasteiger partial charge is 0.129 e. The molecule has 2 aliphatic rings. The number of halogens is 1. The molecule has 0 radical (unpaired) electrons. The van der Waals surface area contributed by atoms with Crippen molar-refractivity contribution in [3.05, 3.63) is 29.0 Å². The van der Waals surface area contributed by atoms with Gasteiger partial charge in [-0.25, -0.2) is 4.98 Å². The molecule has 2 fully saturated rings. The second kappa shape index (κ2) is 6.21. The Balaban J connectivity index is 1.58. The summed E-state index contributed by atoms with van der Waals surface area (Å²) in [6.45, 7) is 4.53. The third-order valence-corrected chi connectivity index (χ3v) is 4.58. The molecular formula is C15H22ClN3. The van der Waals surface area contributed by atoms with Crippen LogP contribution in [0.3, 0.4) is 0 Å². The Hall–Kier alpha value is -0.640. The molecule has 4 heteroatoms. The molecule has 0 spiro atoms. The maximum Gasteiger partial charge on any atom is 0.129 e. The first kappa shape index (κ1) is 13.3. The number of hydrogen-bond donors (Lipinski definition) is 1. The normalized spacial score (nSPS) is 28.7. The van der Waals surface area contributed by atoms with Gasteiger partial charge in [-0.15, -0.1) is 0 Å². The van der Waals surface area contributed by atoms with Crippen LogP contribution in [0.4, 0.5) is 0 Å². The summed E-state index contributed by atoms with van der Waals surface area (Å²) in [7, 11) is 0. The van der Waals surface area contributed by atoms with E-state index < -0.39 is 0 Å². The summed E-state index contributed by atoms with van der Waals surface area (Å²) in [5, 5.41) is 4.26. The highest BCUT2D eigenvalue weighted by atomic mass is 35.5. The molecule has 2 atom stereocenters. The van der Waals surface area contributed by atoms with E-state index >= 15 is 0 Å². The molecule has 19 heavy (non-hydrogen) atoms. The number of likely N-dealkylation sites (tertiary alicyclic amines) is 1. The second-order valence-corrected chi connectivity index (χ2v) is 6.18. The predicted octanol–water partition coefficient (Wildman–Crippen LogP) is 2.70. The lowest BCUT2D eigenvalue weighted by Crippen LogP contribution is -2.43. The quantitative estimate of drug-likeness (QED) is 0.863. The molecule has 3 rings (SSSR count). The van der Waals surface area contributed by atoms with Gasteiger partial charge in [-0.05, 0) is 56.8 Å². The average Bonchev–Trinajstić information content (AvgIpc) is 2.93. The zero-order valence-electron chi connectivity index (χ0n) is 11.3. The van der Waals surface area contributed by atoms with Crippen molar-refractivity contribution in [2.75, 3.05) is 19.6 Å². The van der Waals surface area contributed by atoms with Crippen molar-refractivity contribution in [3.8, 4) is 0 Å². The van der Waals surface area contributed by atoms with E-state index in [1.165, 1.54) is 45.3 Å². The molecule has 1 aromatic heterocycles. The minimum atomic E-state index is 0.600. The first-order valence-electron chi connectivity index (χ1n) is 7.38. The summed E-state index contributed by atoms with van der Waals surface area (Å²) in [5.41, 5.74) is 1.09. The van der Waals surface area contributed by atoms with Crippen LogP contribution in [0.2, 0.25) is 5.15 Å². The Kier molecular flexibility index (Phi) is 4.36. The monoisotopic (exact) mass is 279 g/mol. The third-order valence-electron chi connectivity index (χ3n) is 4.37. The summed E-state index contributed by atoms with van der Waals surface area (Å²) < 4.78 is 0. The van der Waals surface area contributed by atoms with E-state index in [0.29, 0.717) is 5.15 Å². The molecule has 0 amide bonds. The summed E-state index contributed by atoms with van der Waals surface area (Å²) in [6, 6.07) is 6.65. The summed E-state index contributed by atoms with van der Waals surface area (Å²) >= 11 is 5.96. The standard InChI is InChI=1S/C15H22ClN3/c16-15-7-1-5-13(18-15)11-19-9-3-4-12(10-19)14-6-2-8-17-14/h1,5,7,12,14,17H,2-4,6,8-11H2. The van der Waals surface area contributed by atoms with Crippen LogP contribution in [0.5, 0.6) is 0 Å². The van der Waals surface area contributed by atoms with E-state index in [1.807, 2.05) is 12.1 Å². The van der Waals surface area contributed by atoms with E-state index in [0.717, 1.165) is 24.2 Å². The summed E-state index contributed by atoms with van der Waals surface area (Å²) in [5.74, 6) is 0.815. The molecule has 1 aromatic rings. The predicted molar refractivity (Wildman–Crippen MR) is 78.3 cm³/mol. The molecule has 3 nitrogen and oxygen atoms in total. The van der Waals surface area contributed by atoms with E-state index in [1.54, 1.807) is 0 Å². The lowest BCUT2D eigenvalue weighted by molar-refractivity contribution is 0.144. The molecule has 1 N–H and O–H groups in total. The van der Waals surface area contributed by atoms with Crippen molar-refractivity contribution >= 4 is 11.6 Å². The van der Waals surface area contributed by atoms with Crippen LogP contribution < -0.4 is 5.32 Å². The van der Waals surface area contributed by atoms with Crippen molar-refractivity contribution in [1.82, 2.24) is 15.2 Å². The molecule has 2 saturated heterocycles. The Morgan fingerprint density at radius 1 is 1.32 bits per heavy atom. The minimum Gasteiger partial charge on any atom is -0.314 e. The number of aromatic nitrogens is 1. The molecule has 0 bridgehead atoms. The number of rotatable bonds is 3. The van der Waals surface area contributed by atoms with Crippen LogP contribution >= 0.6 is 11.6 Å². The summed E-state index contributed by atoms with van der Waals surface area (Å²) in [4.78, 5) is 6.93. The highest BCUT2D eigenvalue weighted by Crippen LogP contribution is 2.25. The number of nitrogens with zero attached hydrogens (tertiary/aromatic N) is 2. The molecule has 2 unspecified atom stereocenters. The van der Waals surface area contributed by atoms with Crippen LogP contribution in [0.1, 0.15) is 31.4 Å². The average molecular weight is 280 g/mol. The molecule has 0 aromatic carbocycles. The van der Waals surface area contributed by atoms with Gasteiger partial charge in [-0.3, -0.25) is 4.90 Å². The van der Waals surface area contributed by atoms with Crippen LogP contribution in [-0.2, 0) is 6.54 Å². The zero-order valence-corrected chi connectivity index (χ0v) is 12.1. The fourth-order valence-corrected chi connectivity index (χ4v) is 3.63. The van der Waals surface area contributed by atoms with Crippen molar-refractivity contribution < 1.29 is 0 Å². The van der Waals surface area contributed by atoms with Gasteiger partial charge >= 0.3 is 0 Å². The SMILES string of the molecule is Clc1cccc(CN2CCCC(C3CCCN3)C2)n1. The second-order valence-electron chi connectivity index (χ2n) is 5.79. The van der Waals surface area contributed by atoms with E-state index in [4.69, 9.17) is 11.6 Å². The van der Waals surface area contributed by atoms with Gasteiger partial charge in [0.1, 0.15) is 5.15 Å². The van der Waals surface area contributed by atoms with Gasteiger partial charge in [0.15, 0.2) is 0 Å². The minimum absolute atomic E-state index is 0.600. The van der Waals surface area contributed by atoms with Crippen LogP contribution in [-0.4, -0.2) is 35.6 Å². The van der Waals surface area contributed by atoms with Crippen molar-refractivity contribution in [1.29, 1.82) is 0 Å². The Labute approximate surface area is 120 Å².